The van der Waals surface area contributed by atoms with E-state index >= 15 is 0 Å². The van der Waals surface area contributed by atoms with Crippen LogP contribution in [0.1, 0.15) is 31.9 Å². The van der Waals surface area contributed by atoms with Crippen LogP contribution in [0.25, 0.3) is 0 Å². The topological polar surface area (TPSA) is 21.3 Å². The minimum atomic E-state index is 0.449. The fourth-order valence-electron chi connectivity index (χ4n) is 2.10. The van der Waals surface area contributed by atoms with Crippen LogP contribution in [0.2, 0.25) is 0 Å². The molecule has 0 spiro atoms. The van der Waals surface area contributed by atoms with Crippen LogP contribution in [0.3, 0.4) is 0 Å². The zero-order valence-corrected chi connectivity index (χ0v) is 14.4. The molecule has 2 aromatic rings. The fraction of sp³-hybridized carbons (Fsp3) is 0.333. The minimum Gasteiger partial charge on any atom is -0.457 e. The lowest BCUT2D eigenvalue weighted by atomic mass is 10.1. The summed E-state index contributed by atoms with van der Waals surface area (Å²) in [7, 11) is 0. The van der Waals surface area contributed by atoms with Crippen molar-refractivity contribution in [2.75, 3.05) is 0 Å². The normalized spacial score (nSPS) is 10.9. The molecule has 2 aromatic carbocycles. The molecular weight excluding hydrogens is 326 g/mol. The Balaban J connectivity index is 2.27. The highest BCUT2D eigenvalue weighted by molar-refractivity contribution is 9.10. The van der Waals surface area contributed by atoms with Gasteiger partial charge in [0.05, 0.1) is 0 Å². The van der Waals surface area contributed by atoms with E-state index in [1.807, 2.05) is 24.3 Å². The van der Waals surface area contributed by atoms with Crippen LogP contribution in [-0.2, 0) is 13.0 Å². The Hall–Kier alpha value is -1.32. The second kappa shape index (κ2) is 7.62. The van der Waals surface area contributed by atoms with Crippen LogP contribution in [0.4, 0.5) is 0 Å². The summed E-state index contributed by atoms with van der Waals surface area (Å²) in [6, 6.07) is 14.8. The molecular formula is C18H22BrNO. The van der Waals surface area contributed by atoms with E-state index in [0.29, 0.717) is 6.04 Å². The maximum absolute atomic E-state index is 6.17. The Morgan fingerprint density at radius 2 is 1.81 bits per heavy atom. The standard InChI is InChI=1S/C18H22BrNO/c1-4-14-7-5-6-8-17(14)21-18-11-16(19)10-9-15(18)12-20-13(2)3/h5-11,13,20H,4,12H2,1-3H3. The SMILES string of the molecule is CCc1ccccc1Oc1cc(Br)ccc1CNC(C)C. The summed E-state index contributed by atoms with van der Waals surface area (Å²) in [6.45, 7) is 7.23. The average molecular weight is 348 g/mol. The Labute approximate surface area is 135 Å². The van der Waals surface area contributed by atoms with Crippen molar-refractivity contribution in [2.24, 2.45) is 0 Å². The molecule has 112 valence electrons. The summed E-state index contributed by atoms with van der Waals surface area (Å²) in [5.74, 6) is 1.84. The van der Waals surface area contributed by atoms with Gasteiger partial charge in [0.15, 0.2) is 0 Å². The monoisotopic (exact) mass is 347 g/mol. The molecule has 0 aliphatic rings. The van der Waals surface area contributed by atoms with Crippen LogP contribution >= 0.6 is 15.9 Å². The molecule has 2 rings (SSSR count). The van der Waals surface area contributed by atoms with Crippen molar-refractivity contribution < 1.29 is 4.74 Å². The minimum absolute atomic E-state index is 0.449. The van der Waals surface area contributed by atoms with E-state index < -0.39 is 0 Å². The van der Waals surface area contributed by atoms with E-state index in [0.717, 1.165) is 34.5 Å². The number of ether oxygens (including phenoxy) is 1. The molecule has 3 heteroatoms. The Kier molecular flexibility index (Phi) is 5.83. The highest BCUT2D eigenvalue weighted by Gasteiger charge is 2.09. The third-order valence-corrected chi connectivity index (χ3v) is 3.80. The molecule has 0 saturated heterocycles. The number of para-hydroxylation sites is 1. The van der Waals surface area contributed by atoms with Crippen molar-refractivity contribution in [3.05, 3.63) is 58.1 Å². The van der Waals surface area contributed by atoms with E-state index in [2.05, 4.69) is 60.2 Å². The maximum atomic E-state index is 6.17. The summed E-state index contributed by atoms with van der Waals surface area (Å²) in [6.07, 6.45) is 0.962. The summed E-state index contributed by atoms with van der Waals surface area (Å²) in [4.78, 5) is 0. The van der Waals surface area contributed by atoms with Gasteiger partial charge in [-0.15, -0.1) is 0 Å². The zero-order chi connectivity index (χ0) is 15.2. The lowest BCUT2D eigenvalue weighted by Gasteiger charge is -2.15. The van der Waals surface area contributed by atoms with Gasteiger partial charge in [-0.2, -0.15) is 0 Å². The number of nitrogens with one attached hydrogen (secondary N) is 1. The van der Waals surface area contributed by atoms with Gasteiger partial charge in [0.1, 0.15) is 11.5 Å². The lowest BCUT2D eigenvalue weighted by Crippen LogP contribution is -2.22. The van der Waals surface area contributed by atoms with Crippen molar-refractivity contribution in [3.63, 3.8) is 0 Å². The number of aryl methyl sites for hydroxylation is 1. The third kappa shape index (κ3) is 4.58. The fourth-order valence-corrected chi connectivity index (χ4v) is 2.44. The molecule has 0 unspecified atom stereocenters. The van der Waals surface area contributed by atoms with E-state index in [-0.39, 0.29) is 0 Å². The first kappa shape index (κ1) is 16.1. The molecule has 1 N–H and O–H groups in total. The molecule has 0 amide bonds. The van der Waals surface area contributed by atoms with Crippen LogP contribution in [0, 0.1) is 0 Å². The molecule has 0 aliphatic heterocycles. The van der Waals surface area contributed by atoms with Gasteiger partial charge < -0.3 is 10.1 Å². The molecule has 0 bridgehead atoms. The second-order valence-corrected chi connectivity index (χ2v) is 6.27. The first-order chi connectivity index (χ1) is 10.1. The van der Waals surface area contributed by atoms with Crippen LogP contribution in [-0.4, -0.2) is 6.04 Å². The summed E-state index contributed by atoms with van der Waals surface area (Å²) < 4.78 is 7.20. The van der Waals surface area contributed by atoms with Crippen LogP contribution in [0.5, 0.6) is 11.5 Å². The van der Waals surface area contributed by atoms with E-state index in [9.17, 15) is 0 Å². The summed E-state index contributed by atoms with van der Waals surface area (Å²) in [5, 5.41) is 3.44. The molecule has 0 aromatic heterocycles. The van der Waals surface area contributed by atoms with Crippen LogP contribution in [0.15, 0.2) is 46.9 Å². The Bertz CT molecular complexity index is 596. The van der Waals surface area contributed by atoms with Gasteiger partial charge >= 0.3 is 0 Å². The van der Waals surface area contributed by atoms with Gasteiger partial charge in [-0.3, -0.25) is 0 Å². The van der Waals surface area contributed by atoms with Gasteiger partial charge in [0, 0.05) is 22.6 Å². The quantitative estimate of drug-likeness (QED) is 0.765. The van der Waals surface area contributed by atoms with Gasteiger partial charge in [-0.1, -0.05) is 61.0 Å². The van der Waals surface area contributed by atoms with Gasteiger partial charge in [-0.25, -0.2) is 0 Å². The number of hydrogen-bond donors (Lipinski definition) is 1. The molecule has 0 fully saturated rings. The average Bonchev–Trinajstić information content (AvgIpc) is 2.47. The molecule has 0 saturated carbocycles. The number of halogens is 1. The highest BCUT2D eigenvalue weighted by atomic mass is 79.9. The second-order valence-electron chi connectivity index (χ2n) is 5.35. The van der Waals surface area contributed by atoms with E-state index in [1.165, 1.54) is 5.56 Å². The third-order valence-electron chi connectivity index (χ3n) is 3.30. The number of hydrogen-bond acceptors (Lipinski definition) is 2. The molecule has 0 radical (unpaired) electrons. The highest BCUT2D eigenvalue weighted by Crippen LogP contribution is 2.31. The number of rotatable bonds is 6. The zero-order valence-electron chi connectivity index (χ0n) is 12.8. The first-order valence-corrected chi connectivity index (χ1v) is 8.17. The van der Waals surface area contributed by atoms with E-state index in [4.69, 9.17) is 4.74 Å². The molecule has 0 heterocycles. The predicted molar refractivity (Wildman–Crippen MR) is 92.0 cm³/mol. The molecule has 0 aliphatic carbocycles. The predicted octanol–water partition coefficient (Wildman–Crippen LogP) is 5.30. The van der Waals surface area contributed by atoms with E-state index in [1.54, 1.807) is 0 Å². The number of benzene rings is 2. The summed E-state index contributed by atoms with van der Waals surface area (Å²) in [5.41, 5.74) is 2.39. The lowest BCUT2D eigenvalue weighted by molar-refractivity contribution is 0.464. The van der Waals surface area contributed by atoms with Gasteiger partial charge in [-0.05, 0) is 30.2 Å². The van der Waals surface area contributed by atoms with Crippen molar-refractivity contribution in [2.45, 2.75) is 39.8 Å². The smallest absolute Gasteiger partial charge is 0.133 e. The van der Waals surface area contributed by atoms with Crippen LogP contribution < -0.4 is 10.1 Å². The Morgan fingerprint density at radius 1 is 1.05 bits per heavy atom. The largest absolute Gasteiger partial charge is 0.457 e. The summed E-state index contributed by atoms with van der Waals surface area (Å²) >= 11 is 3.52. The van der Waals surface area contributed by atoms with Crippen molar-refractivity contribution in [3.8, 4) is 11.5 Å². The van der Waals surface area contributed by atoms with Crippen molar-refractivity contribution >= 4 is 15.9 Å². The Morgan fingerprint density at radius 3 is 2.52 bits per heavy atom. The van der Waals surface area contributed by atoms with Gasteiger partial charge in [0.2, 0.25) is 0 Å². The first-order valence-electron chi connectivity index (χ1n) is 7.37. The molecule has 0 atom stereocenters. The van der Waals surface area contributed by atoms with Crippen molar-refractivity contribution in [1.82, 2.24) is 5.32 Å². The molecule has 2 nitrogen and oxygen atoms in total. The van der Waals surface area contributed by atoms with Crippen molar-refractivity contribution in [1.29, 1.82) is 0 Å². The maximum Gasteiger partial charge on any atom is 0.133 e. The van der Waals surface area contributed by atoms with Gasteiger partial charge in [0.25, 0.3) is 0 Å². The molecule has 21 heavy (non-hydrogen) atoms.